The summed E-state index contributed by atoms with van der Waals surface area (Å²) in [5.41, 5.74) is 3.85. The SMILES string of the molecule is Fc1ccccc1[C@@H]1Oc2ccccc2C2=C1[C@H](c1cccnc1)n1nnnc1N2. The second-order valence-electron chi connectivity index (χ2n) is 7.11. The number of ether oxygens (including phenoxy) is 1. The van der Waals surface area contributed by atoms with Crippen molar-refractivity contribution in [2.24, 2.45) is 0 Å². The fraction of sp³-hybridized carbons (Fsp3) is 0.0909. The topological polar surface area (TPSA) is 77.8 Å². The molecule has 1 N–H and O–H groups in total. The van der Waals surface area contributed by atoms with E-state index >= 15 is 0 Å². The van der Waals surface area contributed by atoms with Crippen LogP contribution in [0.15, 0.2) is 78.6 Å². The summed E-state index contributed by atoms with van der Waals surface area (Å²) in [5.74, 6) is 0.843. The largest absolute Gasteiger partial charge is 0.480 e. The van der Waals surface area contributed by atoms with Crippen LogP contribution in [0.3, 0.4) is 0 Å². The molecule has 30 heavy (non-hydrogen) atoms. The first-order valence-corrected chi connectivity index (χ1v) is 9.50. The van der Waals surface area contributed by atoms with Crippen LogP contribution in [0.5, 0.6) is 5.75 Å². The van der Waals surface area contributed by atoms with Gasteiger partial charge in [0.1, 0.15) is 17.6 Å². The lowest BCUT2D eigenvalue weighted by Gasteiger charge is -2.38. The lowest BCUT2D eigenvalue weighted by Crippen LogP contribution is -2.32. The highest BCUT2D eigenvalue weighted by Crippen LogP contribution is 2.50. The van der Waals surface area contributed by atoms with Crippen molar-refractivity contribution in [3.05, 3.63) is 101 Å². The van der Waals surface area contributed by atoms with Crippen molar-refractivity contribution >= 4 is 11.6 Å². The Labute approximate surface area is 170 Å². The van der Waals surface area contributed by atoms with Gasteiger partial charge in [0.25, 0.3) is 0 Å². The number of rotatable bonds is 2. The number of anilines is 1. The van der Waals surface area contributed by atoms with Crippen LogP contribution in [0.25, 0.3) is 5.70 Å². The number of nitrogens with zero attached hydrogens (tertiary/aromatic N) is 5. The van der Waals surface area contributed by atoms with Gasteiger partial charge in [-0.05, 0) is 40.3 Å². The van der Waals surface area contributed by atoms with Crippen LogP contribution in [0.2, 0.25) is 0 Å². The molecular weight excluding hydrogens is 383 g/mol. The smallest absolute Gasteiger partial charge is 0.248 e. The maximum Gasteiger partial charge on any atom is 0.248 e. The van der Waals surface area contributed by atoms with E-state index in [0.717, 1.165) is 22.4 Å². The van der Waals surface area contributed by atoms with Crippen LogP contribution in [-0.4, -0.2) is 25.2 Å². The maximum absolute atomic E-state index is 14.9. The van der Waals surface area contributed by atoms with Crippen molar-refractivity contribution in [3.63, 3.8) is 0 Å². The molecule has 2 aliphatic heterocycles. The summed E-state index contributed by atoms with van der Waals surface area (Å²) in [6, 6.07) is 17.8. The number of fused-ring (bicyclic) bond motifs is 3. The quantitative estimate of drug-likeness (QED) is 0.554. The minimum absolute atomic E-state index is 0.332. The van der Waals surface area contributed by atoms with E-state index in [1.165, 1.54) is 6.07 Å². The highest BCUT2D eigenvalue weighted by Gasteiger charge is 2.42. The number of nitrogens with one attached hydrogen (secondary N) is 1. The Morgan fingerprint density at radius 2 is 1.87 bits per heavy atom. The molecule has 0 aliphatic carbocycles. The second-order valence-corrected chi connectivity index (χ2v) is 7.11. The molecule has 0 unspecified atom stereocenters. The molecule has 0 fully saturated rings. The van der Waals surface area contributed by atoms with Gasteiger partial charge in [-0.2, -0.15) is 4.68 Å². The van der Waals surface area contributed by atoms with E-state index in [9.17, 15) is 4.39 Å². The first-order chi connectivity index (χ1) is 14.8. The molecule has 0 saturated carbocycles. The zero-order chi connectivity index (χ0) is 20.1. The van der Waals surface area contributed by atoms with E-state index in [1.54, 1.807) is 35.3 Å². The zero-order valence-corrected chi connectivity index (χ0v) is 15.6. The van der Waals surface area contributed by atoms with Crippen LogP contribution >= 0.6 is 0 Å². The molecule has 2 aromatic carbocycles. The van der Waals surface area contributed by atoms with E-state index in [2.05, 4.69) is 25.8 Å². The molecule has 2 atom stereocenters. The van der Waals surface area contributed by atoms with Gasteiger partial charge in [-0.15, -0.1) is 0 Å². The number of benzene rings is 2. The van der Waals surface area contributed by atoms with E-state index in [-0.39, 0.29) is 5.82 Å². The maximum atomic E-state index is 14.9. The Morgan fingerprint density at radius 1 is 1.00 bits per heavy atom. The van der Waals surface area contributed by atoms with Crippen molar-refractivity contribution in [1.82, 2.24) is 25.2 Å². The van der Waals surface area contributed by atoms with Crippen LogP contribution in [0.4, 0.5) is 10.3 Å². The van der Waals surface area contributed by atoms with Gasteiger partial charge in [0.15, 0.2) is 6.10 Å². The number of hydrogen-bond acceptors (Lipinski definition) is 6. The standard InChI is InChI=1S/C22H15FN6O/c23-16-9-3-1-7-14(16)21-18-19(15-8-2-4-10-17(15)30-21)25-22-26-27-28-29(22)20(18)13-6-5-11-24-12-13/h1-12,20-21H,(H,25,26,28)/t20-,21-/m0/s1. The molecule has 7 nitrogen and oxygen atoms in total. The average molecular weight is 398 g/mol. The third-order valence-corrected chi connectivity index (χ3v) is 5.43. The monoisotopic (exact) mass is 398 g/mol. The summed E-state index contributed by atoms with van der Waals surface area (Å²) in [6.45, 7) is 0. The molecule has 0 spiro atoms. The molecular formula is C22H15FN6O. The Morgan fingerprint density at radius 3 is 2.73 bits per heavy atom. The fourth-order valence-corrected chi connectivity index (χ4v) is 4.14. The predicted molar refractivity (Wildman–Crippen MR) is 107 cm³/mol. The summed E-state index contributed by atoms with van der Waals surface area (Å²) >= 11 is 0. The minimum atomic E-state index is -0.661. The van der Waals surface area contributed by atoms with Gasteiger partial charge in [0.2, 0.25) is 5.95 Å². The molecule has 4 heterocycles. The van der Waals surface area contributed by atoms with Crippen molar-refractivity contribution in [3.8, 4) is 5.75 Å². The Hall–Kier alpha value is -4.07. The van der Waals surface area contributed by atoms with Crippen LogP contribution in [-0.2, 0) is 0 Å². The molecule has 2 aromatic heterocycles. The summed E-state index contributed by atoms with van der Waals surface area (Å²) in [4.78, 5) is 4.27. The normalized spacial score (nSPS) is 19.2. The van der Waals surface area contributed by atoms with E-state index in [4.69, 9.17) is 4.74 Å². The van der Waals surface area contributed by atoms with E-state index < -0.39 is 12.1 Å². The molecule has 2 aliphatic rings. The number of tetrazole rings is 1. The van der Waals surface area contributed by atoms with Gasteiger partial charge in [0, 0.05) is 29.1 Å². The Kier molecular flexibility index (Phi) is 3.64. The Bertz CT molecular complexity index is 1290. The average Bonchev–Trinajstić information content (AvgIpc) is 3.26. The summed E-state index contributed by atoms with van der Waals surface area (Å²) in [5, 5.41) is 15.5. The summed E-state index contributed by atoms with van der Waals surface area (Å²) in [6.07, 6.45) is 2.82. The minimum Gasteiger partial charge on any atom is -0.480 e. The van der Waals surface area contributed by atoms with Crippen molar-refractivity contribution < 1.29 is 9.13 Å². The van der Waals surface area contributed by atoms with Gasteiger partial charge in [0.05, 0.1) is 5.70 Å². The highest BCUT2D eigenvalue weighted by molar-refractivity contribution is 5.85. The molecule has 8 heteroatoms. The molecule has 4 aromatic rings. The lowest BCUT2D eigenvalue weighted by atomic mass is 9.85. The van der Waals surface area contributed by atoms with Gasteiger partial charge >= 0.3 is 0 Å². The molecule has 0 radical (unpaired) electrons. The highest BCUT2D eigenvalue weighted by atomic mass is 19.1. The second kappa shape index (κ2) is 6.48. The van der Waals surface area contributed by atoms with Crippen LogP contribution in [0, 0.1) is 5.82 Å². The number of para-hydroxylation sites is 1. The number of hydrogen-bond donors (Lipinski definition) is 1. The molecule has 0 saturated heterocycles. The number of aromatic nitrogens is 5. The van der Waals surface area contributed by atoms with Gasteiger partial charge < -0.3 is 10.1 Å². The number of pyridine rings is 1. The van der Waals surface area contributed by atoms with Gasteiger partial charge in [-0.1, -0.05) is 41.5 Å². The predicted octanol–water partition coefficient (Wildman–Crippen LogP) is 3.77. The first-order valence-electron chi connectivity index (χ1n) is 9.50. The van der Waals surface area contributed by atoms with Crippen LogP contribution in [0.1, 0.15) is 28.8 Å². The van der Waals surface area contributed by atoms with Crippen molar-refractivity contribution in [2.75, 3.05) is 5.32 Å². The summed E-state index contributed by atoms with van der Waals surface area (Å²) in [7, 11) is 0. The van der Waals surface area contributed by atoms with Crippen LogP contribution < -0.4 is 10.1 Å². The number of halogens is 1. The molecule has 0 amide bonds. The lowest BCUT2D eigenvalue weighted by molar-refractivity contribution is 0.217. The van der Waals surface area contributed by atoms with Crippen molar-refractivity contribution in [2.45, 2.75) is 12.1 Å². The van der Waals surface area contributed by atoms with E-state index in [1.807, 2.05) is 36.4 Å². The molecule has 6 rings (SSSR count). The zero-order valence-electron chi connectivity index (χ0n) is 15.6. The van der Waals surface area contributed by atoms with Gasteiger partial charge in [-0.3, -0.25) is 4.98 Å². The Balaban J connectivity index is 1.66. The van der Waals surface area contributed by atoms with Gasteiger partial charge in [-0.25, -0.2) is 4.39 Å². The van der Waals surface area contributed by atoms with E-state index in [0.29, 0.717) is 17.3 Å². The summed E-state index contributed by atoms with van der Waals surface area (Å²) < 4.78 is 22.9. The third kappa shape index (κ3) is 2.43. The fourth-order valence-electron chi connectivity index (χ4n) is 4.14. The van der Waals surface area contributed by atoms with Crippen molar-refractivity contribution in [1.29, 1.82) is 0 Å². The third-order valence-electron chi connectivity index (χ3n) is 5.43. The molecule has 146 valence electrons. The first kappa shape index (κ1) is 16.8. The molecule has 0 bridgehead atoms.